The highest BCUT2D eigenvalue weighted by molar-refractivity contribution is 8.14. The highest BCUT2D eigenvalue weighted by Gasteiger charge is 2.54. The molecule has 3 rings (SSSR count). The molecular formula is C26H44N7O11PS3. The van der Waals surface area contributed by atoms with Gasteiger partial charge >= 0.3 is 7.82 Å². The van der Waals surface area contributed by atoms with Crippen molar-refractivity contribution in [2.75, 3.05) is 48.7 Å². The molecule has 48 heavy (non-hydrogen) atoms. The van der Waals surface area contributed by atoms with Crippen LogP contribution in [0.15, 0.2) is 6.33 Å². The quantitative estimate of drug-likeness (QED) is 0.0990. The predicted octanol–water partition coefficient (Wildman–Crippen LogP) is 2.06. The summed E-state index contributed by atoms with van der Waals surface area (Å²) in [5, 5.41) is 22.2. The number of aliphatic hydroxyl groups is 2. The topological polar surface area (TPSA) is 256 Å². The maximum Gasteiger partial charge on any atom is 0.474 e. The van der Waals surface area contributed by atoms with Crippen molar-refractivity contribution in [3.05, 3.63) is 6.33 Å². The lowest BCUT2D eigenvalue weighted by Crippen LogP contribution is -2.44. The van der Waals surface area contributed by atoms with Gasteiger partial charge in [-0.15, -0.1) is 4.83 Å². The van der Waals surface area contributed by atoms with Gasteiger partial charge in [-0.25, -0.2) is 18.0 Å². The first-order chi connectivity index (χ1) is 21.9. The molecule has 0 spiro atoms. The van der Waals surface area contributed by atoms with Gasteiger partial charge in [-0.2, -0.15) is 9.97 Å². The van der Waals surface area contributed by atoms with Gasteiger partial charge in [-0.05, 0) is 6.92 Å². The third-order valence-electron chi connectivity index (χ3n) is 6.55. The van der Waals surface area contributed by atoms with Crippen LogP contribution in [-0.2, 0) is 42.5 Å². The summed E-state index contributed by atoms with van der Waals surface area (Å²) in [4.78, 5) is 38.9. The number of carbonyl (C=O) groups is 2. The monoisotopic (exact) mass is 757 g/mol. The summed E-state index contributed by atoms with van der Waals surface area (Å²) in [5.74, 6) is -0.0445. The van der Waals surface area contributed by atoms with Gasteiger partial charge in [0, 0.05) is 22.3 Å². The van der Waals surface area contributed by atoms with E-state index in [1.807, 2.05) is 0 Å². The van der Waals surface area contributed by atoms with Crippen molar-refractivity contribution in [1.82, 2.24) is 24.4 Å². The molecule has 272 valence electrons. The summed E-state index contributed by atoms with van der Waals surface area (Å²) in [6, 6.07) is 0. The average Bonchev–Trinajstić information content (AvgIpc) is 3.46. The second-order valence-electron chi connectivity index (χ2n) is 13.1. The molecule has 6 N–H and O–H groups in total. The number of anilines is 2. The van der Waals surface area contributed by atoms with Crippen molar-refractivity contribution in [2.45, 2.75) is 72.5 Å². The van der Waals surface area contributed by atoms with E-state index >= 15 is 0 Å². The fraction of sp³-hybridized carbons (Fsp3) is 0.731. The lowest BCUT2D eigenvalue weighted by atomic mass is 9.96. The Kier molecular flexibility index (Phi) is 13.1. The zero-order valence-electron chi connectivity index (χ0n) is 28.0. The van der Waals surface area contributed by atoms with Crippen molar-refractivity contribution in [1.29, 1.82) is 0 Å². The Morgan fingerprint density at radius 2 is 1.62 bits per heavy atom. The number of hydrogen-bond acceptors (Lipinski definition) is 18. The number of nitrogens with zero attached hydrogens (tertiary/aromatic N) is 4. The molecule has 1 fully saturated rings. The van der Waals surface area contributed by atoms with Gasteiger partial charge in [0.1, 0.15) is 17.8 Å². The molecular weight excluding hydrogens is 713 g/mol. The van der Waals surface area contributed by atoms with Gasteiger partial charge in [-0.1, -0.05) is 65.1 Å². The van der Waals surface area contributed by atoms with Crippen LogP contribution in [0.3, 0.4) is 0 Å². The van der Waals surface area contributed by atoms with E-state index in [2.05, 4.69) is 25.2 Å². The molecule has 0 radical (unpaired) electrons. The highest BCUT2D eigenvalue weighted by atomic mass is 32.2. The molecule has 0 bridgehead atoms. The van der Waals surface area contributed by atoms with E-state index < -0.39 is 59.3 Å². The van der Waals surface area contributed by atoms with Crippen LogP contribution in [0.1, 0.15) is 54.7 Å². The number of nitrogen functional groups attached to an aromatic ring is 1. The minimum absolute atomic E-state index is 0.0290. The van der Waals surface area contributed by atoms with Crippen molar-refractivity contribution < 1.29 is 51.1 Å². The van der Waals surface area contributed by atoms with Gasteiger partial charge in [0.2, 0.25) is 16.0 Å². The van der Waals surface area contributed by atoms with Crippen LogP contribution >= 0.6 is 31.3 Å². The molecule has 1 aliphatic rings. The van der Waals surface area contributed by atoms with Gasteiger partial charge in [-0.3, -0.25) is 33.2 Å². The molecule has 0 aliphatic carbocycles. The Morgan fingerprint density at radius 3 is 2.12 bits per heavy atom. The first kappa shape index (κ1) is 40.5. The second kappa shape index (κ2) is 15.5. The Labute approximate surface area is 287 Å². The summed E-state index contributed by atoms with van der Waals surface area (Å²) in [7, 11) is -8.02. The molecule has 0 saturated carbocycles. The first-order valence-electron chi connectivity index (χ1n) is 14.6. The number of hydrogen-bond donors (Lipinski definition) is 5. The molecule has 3 heterocycles. The molecule has 2 aromatic rings. The normalized spacial score (nSPS) is 22.3. The number of aliphatic hydroxyl groups excluding tert-OH is 1. The number of ether oxygens (including phenoxy) is 1. The molecule has 0 amide bonds. The summed E-state index contributed by atoms with van der Waals surface area (Å²) in [5.41, 5.74) is 5.15. The number of aromatic nitrogens is 4. The number of nitrogens with one attached hydrogen (secondary N) is 2. The summed E-state index contributed by atoms with van der Waals surface area (Å²) in [6.07, 6.45) is -2.07. The second-order valence-corrected chi connectivity index (χ2v) is 18.7. The standard InChI is InChI=1S/C26H44N7O11PS3/c1-24(2,3)21(35)46-11-9-41-45(38,42-10-12-47-22(36)25(4,5)6)43-13-15-17(34)26(7,37)20(44-15)33-14-28-16-18(31-32-48(8,39)40)29-23(27)30-19(16)33/h14-15,17,20,32,34,37H,9-13H2,1-8H3,(H3,27,29,30,31)/t15-,17-,20-,26-/m1/s1. The van der Waals surface area contributed by atoms with E-state index in [0.29, 0.717) is 0 Å². The van der Waals surface area contributed by atoms with Gasteiger partial charge in [0.05, 0.1) is 32.4 Å². The maximum absolute atomic E-state index is 13.7. The molecule has 2 aromatic heterocycles. The number of thioether (sulfide) groups is 2. The fourth-order valence-corrected chi connectivity index (χ4v) is 7.27. The number of imidazole rings is 1. The average molecular weight is 758 g/mol. The summed E-state index contributed by atoms with van der Waals surface area (Å²) < 4.78 is 60.5. The Morgan fingerprint density at radius 1 is 1.08 bits per heavy atom. The smallest absolute Gasteiger partial charge is 0.387 e. The number of phosphoric ester groups is 1. The minimum Gasteiger partial charge on any atom is -0.387 e. The fourth-order valence-electron chi connectivity index (χ4n) is 3.99. The van der Waals surface area contributed by atoms with Crippen molar-refractivity contribution in [2.24, 2.45) is 10.8 Å². The molecule has 4 atom stereocenters. The zero-order valence-corrected chi connectivity index (χ0v) is 31.3. The van der Waals surface area contributed by atoms with Crippen LogP contribution in [0, 0.1) is 10.8 Å². The number of rotatable bonds is 15. The van der Waals surface area contributed by atoms with Gasteiger partial charge in [0.25, 0.3) is 0 Å². The van der Waals surface area contributed by atoms with Crippen LogP contribution in [0.2, 0.25) is 0 Å². The van der Waals surface area contributed by atoms with Gasteiger partial charge in [0.15, 0.2) is 33.4 Å². The molecule has 0 aromatic carbocycles. The minimum atomic E-state index is -4.34. The van der Waals surface area contributed by atoms with Gasteiger partial charge < -0.3 is 20.7 Å². The SMILES string of the molecule is CC(C)(C)C(=O)SCCOP(=O)(OCCSC(=O)C(C)(C)C)OC[C@H]1O[C@@H](n2cnc3c(NNS(C)(=O)=O)nc(N)nc32)[C@](C)(O)[C@@H]1O. The van der Waals surface area contributed by atoms with E-state index in [-0.39, 0.29) is 57.9 Å². The Bertz CT molecular complexity index is 1590. The van der Waals surface area contributed by atoms with Crippen LogP contribution in [-0.4, -0.2) is 104 Å². The number of hydrazine groups is 1. The molecule has 22 heteroatoms. The van der Waals surface area contributed by atoms with Crippen molar-refractivity contribution in [3.63, 3.8) is 0 Å². The lowest BCUT2D eigenvalue weighted by Gasteiger charge is -2.27. The predicted molar refractivity (Wildman–Crippen MR) is 181 cm³/mol. The van der Waals surface area contributed by atoms with Crippen LogP contribution < -0.4 is 16.0 Å². The van der Waals surface area contributed by atoms with Crippen LogP contribution in [0.25, 0.3) is 11.2 Å². The van der Waals surface area contributed by atoms with E-state index in [1.165, 1.54) is 17.8 Å². The van der Waals surface area contributed by atoms with Crippen LogP contribution in [0.5, 0.6) is 0 Å². The first-order valence-corrected chi connectivity index (χ1v) is 19.9. The lowest BCUT2D eigenvalue weighted by molar-refractivity contribution is -0.118. The van der Waals surface area contributed by atoms with E-state index in [9.17, 15) is 32.8 Å². The molecule has 1 aliphatic heterocycles. The zero-order chi connectivity index (χ0) is 36.3. The third-order valence-corrected chi connectivity index (χ3v) is 11.0. The summed E-state index contributed by atoms with van der Waals surface area (Å²) in [6.45, 7) is 11.0. The number of fused-ring (bicyclic) bond motifs is 1. The van der Waals surface area contributed by atoms with Crippen LogP contribution in [0.4, 0.5) is 11.8 Å². The van der Waals surface area contributed by atoms with E-state index in [0.717, 1.165) is 29.8 Å². The molecule has 0 unspecified atom stereocenters. The Balaban J connectivity index is 1.76. The van der Waals surface area contributed by atoms with E-state index in [1.54, 1.807) is 41.5 Å². The third kappa shape index (κ3) is 10.8. The molecule has 1 saturated heterocycles. The number of carbonyl (C=O) groups excluding carboxylic acids is 2. The molecule has 18 nitrogen and oxygen atoms in total. The number of nitrogens with two attached hydrogens (primary N) is 1. The Hall–Kier alpha value is -1.91. The number of phosphoric acid groups is 1. The van der Waals surface area contributed by atoms with Crippen molar-refractivity contribution >= 4 is 74.5 Å². The largest absolute Gasteiger partial charge is 0.474 e. The van der Waals surface area contributed by atoms with Crippen molar-refractivity contribution in [3.8, 4) is 0 Å². The maximum atomic E-state index is 13.7. The highest BCUT2D eigenvalue weighted by Crippen LogP contribution is 2.51. The van der Waals surface area contributed by atoms with E-state index in [4.69, 9.17) is 24.0 Å². The number of sulfonamides is 1. The summed E-state index contributed by atoms with van der Waals surface area (Å²) >= 11 is 2.00.